The van der Waals surface area contributed by atoms with Gasteiger partial charge in [0.1, 0.15) is 0 Å². The van der Waals surface area contributed by atoms with Crippen LogP contribution in [0.4, 0.5) is 0 Å². The molecular formula is C52H32N4. The Morgan fingerprint density at radius 2 is 0.893 bits per heavy atom. The Morgan fingerprint density at radius 1 is 0.321 bits per heavy atom. The van der Waals surface area contributed by atoms with Gasteiger partial charge in [0.15, 0.2) is 0 Å². The normalized spacial score (nSPS) is 11.9. The number of nitrogens with zero attached hydrogens (tertiary/aromatic N) is 4. The van der Waals surface area contributed by atoms with Gasteiger partial charge in [-0.2, -0.15) is 0 Å². The second-order valence-electron chi connectivity index (χ2n) is 14.5. The highest BCUT2D eigenvalue weighted by atomic mass is 15.2. The van der Waals surface area contributed by atoms with Gasteiger partial charge in [0.2, 0.25) is 5.95 Å². The third-order valence-electron chi connectivity index (χ3n) is 11.5. The molecule has 0 spiro atoms. The molecule has 4 nitrogen and oxygen atoms in total. The van der Waals surface area contributed by atoms with E-state index in [0.717, 1.165) is 44.4 Å². The number of aromatic nitrogens is 4. The average molecular weight is 713 g/mol. The highest BCUT2D eigenvalue weighted by molar-refractivity contribution is 6.38. The van der Waals surface area contributed by atoms with E-state index in [2.05, 4.69) is 203 Å². The SMILES string of the molecule is c1ccc(-c2cccc(-n3c4ccccc4c4c5c6c7ccccc7c7ccccc7c6n(-c6nc(-c7ccccc7)c7ccccc7n6)c5ccc43)c2)cc1. The molecule has 0 atom stereocenters. The van der Waals surface area contributed by atoms with Crippen LogP contribution in [0.25, 0.3) is 110 Å². The Morgan fingerprint density at radius 3 is 1.66 bits per heavy atom. The highest BCUT2D eigenvalue weighted by Gasteiger charge is 2.25. The maximum atomic E-state index is 5.48. The Hall–Kier alpha value is -7.56. The van der Waals surface area contributed by atoms with Crippen LogP contribution in [-0.4, -0.2) is 19.1 Å². The van der Waals surface area contributed by atoms with E-state index in [1.165, 1.54) is 59.7 Å². The molecule has 0 bridgehead atoms. The predicted octanol–water partition coefficient (Wildman–Crippen LogP) is 13.5. The van der Waals surface area contributed by atoms with Crippen molar-refractivity contribution in [1.29, 1.82) is 0 Å². The molecule has 12 aromatic rings. The van der Waals surface area contributed by atoms with Crippen LogP contribution < -0.4 is 0 Å². The molecule has 0 fully saturated rings. The van der Waals surface area contributed by atoms with Crippen LogP contribution in [0.15, 0.2) is 194 Å². The Balaban J connectivity index is 1.28. The van der Waals surface area contributed by atoms with Crippen molar-refractivity contribution in [3.05, 3.63) is 194 Å². The fraction of sp³-hybridized carbons (Fsp3) is 0. The topological polar surface area (TPSA) is 35.6 Å². The molecule has 0 amide bonds. The third kappa shape index (κ3) is 4.41. The van der Waals surface area contributed by atoms with Crippen molar-refractivity contribution < 1.29 is 0 Å². The quantitative estimate of drug-likeness (QED) is 0.170. The molecule has 0 saturated heterocycles. The molecule has 12 rings (SSSR count). The summed E-state index contributed by atoms with van der Waals surface area (Å²) in [5.41, 5.74) is 10.9. The number of fused-ring (bicyclic) bond motifs is 13. The molecule has 56 heavy (non-hydrogen) atoms. The van der Waals surface area contributed by atoms with Gasteiger partial charge in [0, 0.05) is 43.6 Å². The van der Waals surface area contributed by atoms with E-state index in [1.54, 1.807) is 0 Å². The summed E-state index contributed by atoms with van der Waals surface area (Å²) < 4.78 is 4.77. The van der Waals surface area contributed by atoms with Crippen LogP contribution in [0.1, 0.15) is 0 Å². The zero-order valence-electron chi connectivity index (χ0n) is 30.3. The van der Waals surface area contributed by atoms with Crippen LogP contribution in [0.3, 0.4) is 0 Å². The van der Waals surface area contributed by atoms with Crippen LogP contribution in [-0.2, 0) is 0 Å². The first-order valence-electron chi connectivity index (χ1n) is 19.1. The van der Waals surface area contributed by atoms with Crippen molar-refractivity contribution in [2.75, 3.05) is 0 Å². The molecule has 0 unspecified atom stereocenters. The molecule has 0 radical (unpaired) electrons. The molecule has 3 heterocycles. The fourth-order valence-electron chi connectivity index (χ4n) is 9.14. The second kappa shape index (κ2) is 12.0. The average Bonchev–Trinajstić information content (AvgIpc) is 3.80. The van der Waals surface area contributed by atoms with Crippen molar-refractivity contribution >= 4 is 76.1 Å². The first-order chi connectivity index (χ1) is 27.8. The van der Waals surface area contributed by atoms with Gasteiger partial charge >= 0.3 is 0 Å². The fourth-order valence-corrected chi connectivity index (χ4v) is 9.14. The second-order valence-corrected chi connectivity index (χ2v) is 14.5. The summed E-state index contributed by atoms with van der Waals surface area (Å²) in [5.74, 6) is 0.654. The van der Waals surface area contributed by atoms with E-state index in [-0.39, 0.29) is 0 Å². The van der Waals surface area contributed by atoms with Crippen molar-refractivity contribution in [2.45, 2.75) is 0 Å². The number of rotatable bonds is 4. The maximum Gasteiger partial charge on any atom is 0.235 e. The smallest absolute Gasteiger partial charge is 0.235 e. The highest BCUT2D eigenvalue weighted by Crippen LogP contribution is 2.47. The maximum absolute atomic E-state index is 5.48. The number of hydrogen-bond donors (Lipinski definition) is 0. The van der Waals surface area contributed by atoms with Gasteiger partial charge in [-0.1, -0.05) is 158 Å². The first-order valence-corrected chi connectivity index (χ1v) is 19.1. The number of benzene rings is 9. The Kier molecular flexibility index (Phi) is 6.60. The van der Waals surface area contributed by atoms with E-state index in [0.29, 0.717) is 5.95 Å². The van der Waals surface area contributed by atoms with Crippen LogP contribution >= 0.6 is 0 Å². The summed E-state index contributed by atoms with van der Waals surface area (Å²) in [6.07, 6.45) is 0. The third-order valence-corrected chi connectivity index (χ3v) is 11.5. The van der Waals surface area contributed by atoms with Gasteiger partial charge in [-0.3, -0.25) is 4.57 Å². The Bertz CT molecular complexity index is 3520. The van der Waals surface area contributed by atoms with E-state index in [4.69, 9.17) is 9.97 Å². The molecule has 3 aromatic heterocycles. The van der Waals surface area contributed by atoms with Gasteiger partial charge in [0.05, 0.1) is 33.3 Å². The summed E-state index contributed by atoms with van der Waals surface area (Å²) in [6.45, 7) is 0. The van der Waals surface area contributed by atoms with E-state index in [1.807, 2.05) is 0 Å². The van der Waals surface area contributed by atoms with Gasteiger partial charge < -0.3 is 4.57 Å². The zero-order valence-corrected chi connectivity index (χ0v) is 30.3. The monoisotopic (exact) mass is 712 g/mol. The van der Waals surface area contributed by atoms with Crippen LogP contribution in [0.2, 0.25) is 0 Å². The van der Waals surface area contributed by atoms with Gasteiger partial charge in [-0.05, 0) is 63.7 Å². The van der Waals surface area contributed by atoms with Gasteiger partial charge in [0.25, 0.3) is 0 Å². The lowest BCUT2D eigenvalue weighted by molar-refractivity contribution is 1.02. The molecule has 0 saturated carbocycles. The van der Waals surface area contributed by atoms with Crippen molar-refractivity contribution in [1.82, 2.24) is 19.1 Å². The molecule has 0 aliphatic heterocycles. The predicted molar refractivity (Wildman–Crippen MR) is 234 cm³/mol. The minimum Gasteiger partial charge on any atom is -0.309 e. The summed E-state index contributed by atoms with van der Waals surface area (Å²) in [4.78, 5) is 10.9. The minimum atomic E-state index is 0.654. The molecule has 260 valence electrons. The van der Waals surface area contributed by atoms with E-state index in [9.17, 15) is 0 Å². The molecular weight excluding hydrogens is 681 g/mol. The van der Waals surface area contributed by atoms with Crippen LogP contribution in [0, 0.1) is 0 Å². The minimum absolute atomic E-state index is 0.654. The zero-order chi connectivity index (χ0) is 36.7. The largest absolute Gasteiger partial charge is 0.309 e. The molecule has 0 N–H and O–H groups in total. The molecule has 4 heteroatoms. The summed E-state index contributed by atoms with van der Waals surface area (Å²) in [5, 5.41) is 10.7. The van der Waals surface area contributed by atoms with Crippen LogP contribution in [0.5, 0.6) is 0 Å². The van der Waals surface area contributed by atoms with Crippen molar-refractivity contribution in [3.63, 3.8) is 0 Å². The molecule has 0 aliphatic rings. The van der Waals surface area contributed by atoms with Crippen molar-refractivity contribution in [2.24, 2.45) is 0 Å². The summed E-state index contributed by atoms with van der Waals surface area (Å²) in [7, 11) is 0. The van der Waals surface area contributed by atoms with Crippen molar-refractivity contribution in [3.8, 4) is 34.0 Å². The van der Waals surface area contributed by atoms with Gasteiger partial charge in [-0.25, -0.2) is 9.97 Å². The van der Waals surface area contributed by atoms with E-state index >= 15 is 0 Å². The number of para-hydroxylation sites is 2. The Labute approximate surface area is 322 Å². The lowest BCUT2D eigenvalue weighted by Gasteiger charge is -2.13. The number of hydrogen-bond acceptors (Lipinski definition) is 2. The molecule has 9 aromatic carbocycles. The summed E-state index contributed by atoms with van der Waals surface area (Å²) in [6, 6.07) is 69.5. The lowest BCUT2D eigenvalue weighted by atomic mass is 9.95. The summed E-state index contributed by atoms with van der Waals surface area (Å²) >= 11 is 0. The standard InChI is InChI=1S/C52H32N4/c1-3-16-33(17-4-1)35-20-15-21-36(32-35)55-44-29-14-12-27-42(44)47-45(55)30-31-46-49(47)48-39-24-9-7-22-37(39)38-23-8-10-25-40(38)51(48)56(46)52-53-43-28-13-11-26-41(43)50(54-52)34-18-5-2-6-19-34/h1-32H. The van der Waals surface area contributed by atoms with E-state index < -0.39 is 0 Å². The lowest BCUT2D eigenvalue weighted by Crippen LogP contribution is -2.04. The molecule has 0 aliphatic carbocycles. The van der Waals surface area contributed by atoms with Gasteiger partial charge in [-0.15, -0.1) is 0 Å². The first kappa shape index (κ1) is 30.9.